The van der Waals surface area contributed by atoms with Crippen LogP contribution in [0.15, 0.2) is 18.4 Å². The third-order valence-corrected chi connectivity index (χ3v) is 1.91. The molecule has 1 nitrogen and oxygen atoms in total. The third-order valence-electron chi connectivity index (χ3n) is 1.91. The molecule has 0 rings (SSSR count). The molecule has 1 N–H and O–H groups in total. The zero-order chi connectivity index (χ0) is 9.23. The van der Waals surface area contributed by atoms with Gasteiger partial charge < -0.3 is 5.11 Å². The molecule has 0 aromatic carbocycles. The molecule has 0 aliphatic rings. The van der Waals surface area contributed by atoms with Crippen LogP contribution in [0.2, 0.25) is 0 Å². The van der Waals surface area contributed by atoms with Crippen LogP contribution in [0.4, 0.5) is 0 Å². The Labute approximate surface area is 75.8 Å². The average Bonchev–Trinajstić information content (AvgIpc) is 2.05. The Balaban J connectivity index is 3.13. The topological polar surface area (TPSA) is 20.2 Å². The van der Waals surface area contributed by atoms with E-state index in [1.165, 1.54) is 25.7 Å². The first-order chi connectivity index (χ1) is 5.81. The first-order valence-electron chi connectivity index (χ1n) is 4.85. The first kappa shape index (κ1) is 11.5. The lowest BCUT2D eigenvalue weighted by Crippen LogP contribution is -2.00. The summed E-state index contributed by atoms with van der Waals surface area (Å²) in [6.07, 6.45) is 8.37. The van der Waals surface area contributed by atoms with Gasteiger partial charge >= 0.3 is 0 Å². The summed E-state index contributed by atoms with van der Waals surface area (Å²) in [7, 11) is 0. The highest BCUT2D eigenvalue weighted by Gasteiger charge is 1.97. The van der Waals surface area contributed by atoms with Gasteiger partial charge in [-0.25, -0.2) is 0 Å². The van der Waals surface area contributed by atoms with Crippen molar-refractivity contribution in [3.8, 4) is 0 Å². The fourth-order valence-electron chi connectivity index (χ4n) is 1.18. The van der Waals surface area contributed by atoms with Gasteiger partial charge in [-0.3, -0.25) is 0 Å². The molecule has 0 radical (unpaired) electrons. The zero-order valence-corrected chi connectivity index (χ0v) is 8.05. The molecule has 1 heteroatoms. The van der Waals surface area contributed by atoms with Crippen LogP contribution in [0.25, 0.3) is 0 Å². The molecule has 0 aliphatic carbocycles. The molecule has 70 valence electrons. The van der Waals surface area contributed by atoms with Crippen LogP contribution in [0.3, 0.4) is 0 Å². The number of hydrogen-bond acceptors (Lipinski definition) is 1. The highest BCUT2D eigenvalue weighted by atomic mass is 16.3. The number of aliphatic hydroxyl groups excluding tert-OH is 1. The predicted octanol–water partition coefficient (Wildman–Crippen LogP) is 3.05. The third kappa shape index (κ3) is 7.59. The van der Waals surface area contributed by atoms with E-state index in [0.29, 0.717) is 0 Å². The predicted molar refractivity (Wildman–Crippen MR) is 53.1 cm³/mol. The van der Waals surface area contributed by atoms with Gasteiger partial charge in [-0.2, -0.15) is 0 Å². The summed E-state index contributed by atoms with van der Waals surface area (Å²) < 4.78 is 0. The monoisotopic (exact) mass is 168 g/mol. The summed E-state index contributed by atoms with van der Waals surface area (Å²) in [4.78, 5) is 0. The zero-order valence-electron chi connectivity index (χ0n) is 8.05. The van der Waals surface area contributed by atoms with Gasteiger partial charge in [0.25, 0.3) is 0 Å². The molecule has 0 heterocycles. The minimum absolute atomic E-state index is 0.330. The lowest BCUT2D eigenvalue weighted by Gasteiger charge is -2.03. The smallest absolute Gasteiger partial charge is 0.0794 e. The molecule has 1 unspecified atom stereocenters. The quantitative estimate of drug-likeness (QED) is 0.457. The molecule has 0 spiro atoms. The minimum atomic E-state index is -0.330. The molecule has 0 saturated carbocycles. The van der Waals surface area contributed by atoms with E-state index in [1.807, 2.05) is 0 Å². The molecular formula is C11H20O. The SMILES string of the molecule is C=C=CC(O)CCCCCCC. The normalized spacial score (nSPS) is 12.2. The van der Waals surface area contributed by atoms with Crippen molar-refractivity contribution >= 4 is 0 Å². The summed E-state index contributed by atoms with van der Waals surface area (Å²) in [6, 6.07) is 0. The fourth-order valence-corrected chi connectivity index (χ4v) is 1.18. The van der Waals surface area contributed by atoms with E-state index in [0.717, 1.165) is 12.8 Å². The molecule has 0 amide bonds. The van der Waals surface area contributed by atoms with Crippen molar-refractivity contribution in [3.63, 3.8) is 0 Å². The Morgan fingerprint density at radius 1 is 1.33 bits per heavy atom. The van der Waals surface area contributed by atoms with Crippen molar-refractivity contribution in [1.82, 2.24) is 0 Å². The number of rotatable bonds is 7. The molecule has 0 aromatic rings. The molecule has 1 atom stereocenters. The number of hydrogen-bond donors (Lipinski definition) is 1. The Kier molecular flexibility index (Phi) is 8.20. The Hall–Kier alpha value is -0.520. The number of unbranched alkanes of at least 4 members (excludes halogenated alkanes) is 4. The summed E-state index contributed by atoms with van der Waals surface area (Å²) >= 11 is 0. The van der Waals surface area contributed by atoms with Gasteiger partial charge in [-0.05, 0) is 12.5 Å². The largest absolute Gasteiger partial charge is 0.388 e. The molecular weight excluding hydrogens is 148 g/mol. The highest BCUT2D eigenvalue weighted by Crippen LogP contribution is 2.07. The van der Waals surface area contributed by atoms with Gasteiger partial charge in [-0.1, -0.05) is 45.6 Å². The van der Waals surface area contributed by atoms with E-state index < -0.39 is 0 Å². The second kappa shape index (κ2) is 8.58. The van der Waals surface area contributed by atoms with Gasteiger partial charge in [0.15, 0.2) is 0 Å². The van der Waals surface area contributed by atoms with Crippen molar-refractivity contribution in [2.45, 2.75) is 51.6 Å². The van der Waals surface area contributed by atoms with Crippen LogP contribution in [0.5, 0.6) is 0 Å². The van der Waals surface area contributed by atoms with Crippen molar-refractivity contribution in [1.29, 1.82) is 0 Å². The molecule has 0 aromatic heterocycles. The molecule has 0 saturated heterocycles. The lowest BCUT2D eigenvalue weighted by atomic mass is 10.1. The van der Waals surface area contributed by atoms with Crippen molar-refractivity contribution in [2.24, 2.45) is 0 Å². The standard InChI is InChI=1S/C11H20O/c1-3-5-6-7-8-10-11(12)9-4-2/h9,11-12H,2-3,5-8,10H2,1H3. The Morgan fingerprint density at radius 2 is 2.00 bits per heavy atom. The van der Waals surface area contributed by atoms with E-state index in [-0.39, 0.29) is 6.10 Å². The van der Waals surface area contributed by atoms with Crippen LogP contribution >= 0.6 is 0 Å². The van der Waals surface area contributed by atoms with Crippen molar-refractivity contribution in [3.05, 3.63) is 18.4 Å². The molecule has 0 bridgehead atoms. The second-order valence-electron chi connectivity index (χ2n) is 3.14. The minimum Gasteiger partial charge on any atom is -0.388 e. The maximum absolute atomic E-state index is 9.25. The van der Waals surface area contributed by atoms with Gasteiger partial charge in [0.2, 0.25) is 0 Å². The fraction of sp³-hybridized carbons (Fsp3) is 0.727. The van der Waals surface area contributed by atoms with Crippen LogP contribution in [0.1, 0.15) is 45.4 Å². The summed E-state index contributed by atoms with van der Waals surface area (Å²) in [5, 5.41) is 9.25. The Morgan fingerprint density at radius 3 is 2.58 bits per heavy atom. The molecule has 0 aliphatic heterocycles. The summed E-state index contributed by atoms with van der Waals surface area (Å²) in [5.41, 5.74) is 2.59. The van der Waals surface area contributed by atoms with E-state index in [4.69, 9.17) is 0 Å². The lowest BCUT2D eigenvalue weighted by molar-refractivity contribution is 0.208. The van der Waals surface area contributed by atoms with E-state index in [2.05, 4.69) is 19.2 Å². The summed E-state index contributed by atoms with van der Waals surface area (Å²) in [6.45, 7) is 5.62. The summed E-state index contributed by atoms with van der Waals surface area (Å²) in [5.74, 6) is 0. The van der Waals surface area contributed by atoms with Crippen molar-refractivity contribution in [2.75, 3.05) is 0 Å². The van der Waals surface area contributed by atoms with Crippen LogP contribution < -0.4 is 0 Å². The van der Waals surface area contributed by atoms with Gasteiger partial charge in [0.1, 0.15) is 0 Å². The molecule has 0 fully saturated rings. The first-order valence-corrected chi connectivity index (χ1v) is 4.85. The maximum atomic E-state index is 9.25. The van der Waals surface area contributed by atoms with Gasteiger partial charge in [-0.15, -0.1) is 5.73 Å². The Bertz CT molecular complexity index is 134. The number of aliphatic hydroxyl groups is 1. The van der Waals surface area contributed by atoms with Gasteiger partial charge in [0, 0.05) is 0 Å². The van der Waals surface area contributed by atoms with Gasteiger partial charge in [0.05, 0.1) is 6.10 Å². The average molecular weight is 168 g/mol. The van der Waals surface area contributed by atoms with E-state index in [1.54, 1.807) is 6.08 Å². The van der Waals surface area contributed by atoms with Crippen LogP contribution in [-0.2, 0) is 0 Å². The maximum Gasteiger partial charge on any atom is 0.0794 e. The second-order valence-corrected chi connectivity index (χ2v) is 3.14. The van der Waals surface area contributed by atoms with E-state index in [9.17, 15) is 5.11 Å². The van der Waals surface area contributed by atoms with E-state index >= 15 is 0 Å². The molecule has 12 heavy (non-hydrogen) atoms. The van der Waals surface area contributed by atoms with Crippen LogP contribution in [-0.4, -0.2) is 11.2 Å². The highest BCUT2D eigenvalue weighted by molar-refractivity contribution is 4.83. The van der Waals surface area contributed by atoms with Crippen LogP contribution in [0, 0.1) is 0 Å². The van der Waals surface area contributed by atoms with Crippen molar-refractivity contribution < 1.29 is 5.11 Å².